The van der Waals surface area contributed by atoms with Gasteiger partial charge in [-0.2, -0.15) is 11.8 Å². The molecule has 1 aliphatic heterocycles. The molecule has 0 amide bonds. The van der Waals surface area contributed by atoms with Crippen molar-refractivity contribution in [2.75, 3.05) is 36.5 Å². The van der Waals surface area contributed by atoms with Crippen LogP contribution in [0.15, 0.2) is 0 Å². The molecular weight excluding hydrogens is 258 g/mol. The van der Waals surface area contributed by atoms with Crippen molar-refractivity contribution in [1.82, 2.24) is 4.90 Å². The molecule has 0 N–H and O–H groups in total. The summed E-state index contributed by atoms with van der Waals surface area (Å²) in [6, 6.07) is 0. The maximum atomic E-state index is 3.55. The van der Waals surface area contributed by atoms with Crippen LogP contribution >= 0.6 is 27.7 Å². The predicted molar refractivity (Wildman–Crippen MR) is 70.6 cm³/mol. The molecule has 14 heavy (non-hydrogen) atoms. The molecule has 1 nitrogen and oxygen atoms in total. The van der Waals surface area contributed by atoms with Crippen LogP contribution in [0.1, 0.15) is 26.2 Å². The first-order valence-electron chi connectivity index (χ1n) is 5.73. The van der Waals surface area contributed by atoms with Gasteiger partial charge in [-0.05, 0) is 37.5 Å². The minimum atomic E-state index is 0.953. The van der Waals surface area contributed by atoms with E-state index in [0.717, 1.165) is 5.92 Å². The molecule has 0 radical (unpaired) electrons. The number of rotatable bonds is 6. The predicted octanol–water partition coefficient (Wildman–Crippen LogP) is 3.24. The molecule has 0 bridgehead atoms. The SMILES string of the molecule is CCSCCN1CCCC(CCBr)C1. The Hall–Kier alpha value is 0.790. The quantitative estimate of drug-likeness (QED) is 0.543. The van der Waals surface area contributed by atoms with Gasteiger partial charge in [-0.15, -0.1) is 0 Å². The molecule has 3 heteroatoms. The van der Waals surface area contributed by atoms with E-state index in [-0.39, 0.29) is 0 Å². The molecule has 0 aliphatic carbocycles. The van der Waals surface area contributed by atoms with E-state index in [1.54, 1.807) is 0 Å². The molecule has 1 atom stereocenters. The molecule has 1 heterocycles. The Bertz CT molecular complexity index is 141. The molecule has 0 saturated carbocycles. The Balaban J connectivity index is 2.12. The highest BCUT2D eigenvalue weighted by Crippen LogP contribution is 2.20. The number of nitrogens with zero attached hydrogens (tertiary/aromatic N) is 1. The largest absolute Gasteiger partial charge is 0.302 e. The van der Waals surface area contributed by atoms with Gasteiger partial charge in [0.2, 0.25) is 0 Å². The minimum Gasteiger partial charge on any atom is -0.302 e. The maximum Gasteiger partial charge on any atom is 0.00725 e. The second-order valence-corrected chi connectivity index (χ2v) is 6.17. The highest BCUT2D eigenvalue weighted by atomic mass is 79.9. The molecule has 0 spiro atoms. The summed E-state index contributed by atoms with van der Waals surface area (Å²) in [5, 5.41) is 1.18. The van der Waals surface area contributed by atoms with Gasteiger partial charge in [0, 0.05) is 24.2 Å². The van der Waals surface area contributed by atoms with E-state index < -0.39 is 0 Å². The normalized spacial score (nSPS) is 24.0. The van der Waals surface area contributed by atoms with Gasteiger partial charge < -0.3 is 4.90 Å². The molecule has 0 aromatic rings. The van der Waals surface area contributed by atoms with Crippen LogP contribution in [0.5, 0.6) is 0 Å². The topological polar surface area (TPSA) is 3.24 Å². The van der Waals surface area contributed by atoms with Crippen molar-refractivity contribution in [3.63, 3.8) is 0 Å². The van der Waals surface area contributed by atoms with Crippen LogP contribution in [0.4, 0.5) is 0 Å². The third kappa shape index (κ3) is 5.04. The molecular formula is C11H22BrNS. The molecule has 1 saturated heterocycles. The van der Waals surface area contributed by atoms with Gasteiger partial charge in [0.15, 0.2) is 0 Å². The summed E-state index contributed by atoms with van der Waals surface area (Å²) >= 11 is 5.61. The third-order valence-electron chi connectivity index (χ3n) is 2.88. The van der Waals surface area contributed by atoms with Crippen LogP contribution in [0.2, 0.25) is 0 Å². The number of likely N-dealkylation sites (tertiary alicyclic amines) is 1. The number of halogens is 1. The average Bonchev–Trinajstić information content (AvgIpc) is 2.19. The summed E-state index contributed by atoms with van der Waals surface area (Å²) in [5.41, 5.74) is 0. The summed E-state index contributed by atoms with van der Waals surface area (Å²) in [5.74, 6) is 3.53. The second-order valence-electron chi connectivity index (χ2n) is 3.98. The van der Waals surface area contributed by atoms with Gasteiger partial charge in [0.1, 0.15) is 0 Å². The van der Waals surface area contributed by atoms with Crippen LogP contribution < -0.4 is 0 Å². The van der Waals surface area contributed by atoms with Crippen LogP contribution in [0.3, 0.4) is 0 Å². The summed E-state index contributed by atoms with van der Waals surface area (Å²) in [6.07, 6.45) is 4.22. The summed E-state index contributed by atoms with van der Waals surface area (Å²) in [4.78, 5) is 2.65. The lowest BCUT2D eigenvalue weighted by Crippen LogP contribution is -2.37. The summed E-state index contributed by atoms with van der Waals surface area (Å²) in [7, 11) is 0. The molecule has 0 aromatic carbocycles. The number of alkyl halides is 1. The zero-order valence-electron chi connectivity index (χ0n) is 9.17. The molecule has 1 aliphatic rings. The van der Waals surface area contributed by atoms with Crippen LogP contribution in [0.25, 0.3) is 0 Å². The van der Waals surface area contributed by atoms with Crippen LogP contribution in [-0.4, -0.2) is 41.4 Å². The number of hydrogen-bond acceptors (Lipinski definition) is 2. The highest BCUT2D eigenvalue weighted by Gasteiger charge is 2.18. The van der Waals surface area contributed by atoms with Crippen LogP contribution in [0, 0.1) is 5.92 Å². The van der Waals surface area contributed by atoms with E-state index in [1.807, 2.05) is 0 Å². The highest BCUT2D eigenvalue weighted by molar-refractivity contribution is 9.09. The standard InChI is InChI=1S/C11H22BrNS/c1-2-14-9-8-13-7-3-4-11(10-13)5-6-12/h11H,2-10H2,1H3. The Morgan fingerprint density at radius 3 is 3.07 bits per heavy atom. The van der Waals surface area contributed by atoms with Crippen molar-refractivity contribution in [3.05, 3.63) is 0 Å². The van der Waals surface area contributed by atoms with Crippen LogP contribution in [-0.2, 0) is 0 Å². The van der Waals surface area contributed by atoms with Gasteiger partial charge in [-0.3, -0.25) is 0 Å². The summed E-state index contributed by atoms with van der Waals surface area (Å²) in [6.45, 7) is 6.23. The number of piperidine rings is 1. The van der Waals surface area contributed by atoms with E-state index in [0.29, 0.717) is 0 Å². The monoisotopic (exact) mass is 279 g/mol. The van der Waals surface area contributed by atoms with Gasteiger partial charge in [0.05, 0.1) is 0 Å². The van der Waals surface area contributed by atoms with Crippen molar-refractivity contribution < 1.29 is 0 Å². The lowest BCUT2D eigenvalue weighted by atomic mass is 9.96. The third-order valence-corrected chi connectivity index (χ3v) is 4.21. The van der Waals surface area contributed by atoms with Crippen molar-refractivity contribution in [1.29, 1.82) is 0 Å². The van der Waals surface area contributed by atoms with Gasteiger partial charge >= 0.3 is 0 Å². The maximum absolute atomic E-state index is 3.55. The lowest BCUT2D eigenvalue weighted by Gasteiger charge is -2.32. The fourth-order valence-corrected chi connectivity index (χ4v) is 3.41. The Kier molecular flexibility index (Phi) is 7.35. The average molecular weight is 280 g/mol. The molecule has 0 aromatic heterocycles. The molecule has 84 valence electrons. The van der Waals surface area contributed by atoms with E-state index in [9.17, 15) is 0 Å². The zero-order chi connectivity index (χ0) is 10.2. The fourth-order valence-electron chi connectivity index (χ4n) is 2.08. The second kappa shape index (κ2) is 8.00. The minimum absolute atomic E-state index is 0.953. The first-order chi connectivity index (χ1) is 6.86. The summed E-state index contributed by atoms with van der Waals surface area (Å²) < 4.78 is 0. The van der Waals surface area contributed by atoms with E-state index in [2.05, 4.69) is 39.5 Å². The van der Waals surface area contributed by atoms with Gasteiger partial charge in [-0.1, -0.05) is 22.9 Å². The molecule has 1 rings (SSSR count). The van der Waals surface area contributed by atoms with Crippen molar-refractivity contribution in [3.8, 4) is 0 Å². The van der Waals surface area contributed by atoms with E-state index >= 15 is 0 Å². The zero-order valence-corrected chi connectivity index (χ0v) is 11.6. The Labute approximate surface area is 101 Å². The number of hydrogen-bond donors (Lipinski definition) is 0. The van der Waals surface area contributed by atoms with Crippen molar-refractivity contribution >= 4 is 27.7 Å². The Morgan fingerprint density at radius 2 is 2.36 bits per heavy atom. The lowest BCUT2D eigenvalue weighted by molar-refractivity contribution is 0.182. The molecule has 1 fully saturated rings. The molecule has 1 unspecified atom stereocenters. The Morgan fingerprint density at radius 1 is 1.50 bits per heavy atom. The van der Waals surface area contributed by atoms with E-state index in [4.69, 9.17) is 0 Å². The first kappa shape index (κ1) is 12.9. The fraction of sp³-hybridized carbons (Fsp3) is 1.00. The van der Waals surface area contributed by atoms with Gasteiger partial charge in [-0.25, -0.2) is 0 Å². The smallest absolute Gasteiger partial charge is 0.00725 e. The van der Waals surface area contributed by atoms with E-state index in [1.165, 1.54) is 55.7 Å². The van der Waals surface area contributed by atoms with Gasteiger partial charge in [0.25, 0.3) is 0 Å². The number of thioether (sulfide) groups is 1. The van der Waals surface area contributed by atoms with Crippen molar-refractivity contribution in [2.24, 2.45) is 5.92 Å². The van der Waals surface area contributed by atoms with Crippen molar-refractivity contribution in [2.45, 2.75) is 26.2 Å². The first-order valence-corrected chi connectivity index (χ1v) is 8.00.